The smallest absolute Gasteiger partial charge is 0.241 e. The van der Waals surface area contributed by atoms with Crippen molar-refractivity contribution in [3.05, 3.63) is 143 Å². The van der Waals surface area contributed by atoms with Crippen molar-refractivity contribution in [3.8, 4) is 0 Å². The third kappa shape index (κ3) is 5.10. The highest BCUT2D eigenvalue weighted by Gasteiger charge is 2.49. The van der Waals surface area contributed by atoms with E-state index in [1.54, 1.807) is 36.4 Å². The average molecular weight is 542 g/mol. The van der Waals surface area contributed by atoms with Crippen molar-refractivity contribution in [2.24, 2.45) is 5.92 Å². The van der Waals surface area contributed by atoms with Crippen LogP contribution in [0.1, 0.15) is 34.6 Å². The maximum Gasteiger partial charge on any atom is 0.241 e. The molecule has 4 aromatic rings. The second-order valence-corrected chi connectivity index (χ2v) is 11.8. The monoisotopic (exact) mass is 541 g/mol. The number of hydrogen-bond acceptors (Lipinski definition) is 3. The van der Waals surface area contributed by atoms with Crippen LogP contribution in [0.15, 0.2) is 120 Å². The van der Waals surface area contributed by atoms with Crippen LogP contribution in [-0.2, 0) is 20.4 Å². The van der Waals surface area contributed by atoms with E-state index in [0.717, 1.165) is 28.5 Å². The molecule has 0 aliphatic heterocycles. The summed E-state index contributed by atoms with van der Waals surface area (Å²) >= 11 is 6.19. The van der Waals surface area contributed by atoms with E-state index in [1.165, 1.54) is 0 Å². The Morgan fingerprint density at radius 3 is 2.05 bits per heavy atom. The average Bonchev–Trinajstić information content (AvgIpc) is 2.94. The van der Waals surface area contributed by atoms with E-state index >= 15 is 0 Å². The number of allylic oxidation sites excluding steroid dienone is 1. The Balaban J connectivity index is 1.76. The molecule has 0 bridgehead atoms. The predicted molar refractivity (Wildman–Crippen MR) is 152 cm³/mol. The summed E-state index contributed by atoms with van der Waals surface area (Å²) in [7, 11) is -4.02. The van der Waals surface area contributed by atoms with Crippen LogP contribution in [0.4, 0.5) is 0 Å². The van der Waals surface area contributed by atoms with Crippen LogP contribution in [0.25, 0.3) is 5.57 Å². The fourth-order valence-corrected chi connectivity index (χ4v) is 6.84. The molecule has 1 N–H and O–H groups in total. The van der Waals surface area contributed by atoms with Crippen LogP contribution in [0.3, 0.4) is 0 Å². The Hall–Kier alpha value is -3.51. The number of carbonyl (C=O) groups is 1. The highest BCUT2D eigenvalue weighted by atomic mass is 35.5. The molecule has 0 spiro atoms. The van der Waals surface area contributed by atoms with Gasteiger partial charge in [0.05, 0.1) is 10.4 Å². The normalized spacial score (nSPS) is 21.5. The first kappa shape index (κ1) is 26.1. The van der Waals surface area contributed by atoms with Gasteiger partial charge < -0.3 is 4.79 Å². The van der Waals surface area contributed by atoms with E-state index in [1.807, 2.05) is 85.8 Å². The summed E-state index contributed by atoms with van der Waals surface area (Å²) in [4.78, 5) is 13.2. The van der Waals surface area contributed by atoms with Gasteiger partial charge in [0.2, 0.25) is 10.0 Å². The van der Waals surface area contributed by atoms with Crippen LogP contribution in [-0.4, -0.2) is 14.7 Å². The molecule has 0 saturated heterocycles. The van der Waals surface area contributed by atoms with Crippen LogP contribution in [0, 0.1) is 12.8 Å². The van der Waals surface area contributed by atoms with Crippen molar-refractivity contribution in [3.63, 3.8) is 0 Å². The molecule has 5 rings (SSSR count). The number of hydrogen-bond donors (Lipinski definition) is 1. The van der Waals surface area contributed by atoms with Crippen LogP contribution >= 0.6 is 11.6 Å². The standard InChI is InChI=1S/C32H28ClNO3S/c1-23-12-18-29(19-13-23)38(36,37)34-32(27-10-6-3-7-11-27)21-26(24-8-4-2-5-9-24)20-30(31(32)22-35)25-14-16-28(33)17-15-25/h2-19,21-22,30-31,34H,20H2,1H3/t30-,31-,32-/m1/s1. The van der Waals surface area contributed by atoms with Crippen LogP contribution < -0.4 is 4.72 Å². The van der Waals surface area contributed by atoms with Crippen molar-refractivity contribution in [1.29, 1.82) is 0 Å². The number of aryl methyl sites for hydroxylation is 1. The first-order chi connectivity index (χ1) is 18.3. The lowest BCUT2D eigenvalue weighted by Gasteiger charge is -2.45. The van der Waals surface area contributed by atoms with Crippen LogP contribution in [0.2, 0.25) is 5.02 Å². The molecule has 4 aromatic carbocycles. The molecule has 1 aliphatic carbocycles. The summed E-state index contributed by atoms with van der Waals surface area (Å²) in [6, 6.07) is 33.4. The predicted octanol–water partition coefficient (Wildman–Crippen LogP) is 6.91. The molecular weight excluding hydrogens is 514 g/mol. The fourth-order valence-electron chi connectivity index (χ4n) is 5.35. The van der Waals surface area contributed by atoms with E-state index in [-0.39, 0.29) is 10.8 Å². The van der Waals surface area contributed by atoms with Gasteiger partial charge in [0.1, 0.15) is 6.29 Å². The SMILES string of the molecule is Cc1ccc(S(=O)(=O)N[C@@]2(c3ccccc3)C=C(c3ccccc3)C[C@H](c3ccc(Cl)cc3)[C@H]2C=O)cc1. The second-order valence-electron chi connectivity index (χ2n) is 9.71. The number of carbonyl (C=O) groups excluding carboxylic acids is 1. The molecule has 6 heteroatoms. The third-order valence-electron chi connectivity index (χ3n) is 7.28. The fraction of sp³-hybridized carbons (Fsp3) is 0.156. The summed E-state index contributed by atoms with van der Waals surface area (Å²) in [5.41, 5.74) is 3.17. The zero-order valence-electron chi connectivity index (χ0n) is 20.9. The van der Waals surface area contributed by atoms with E-state index in [0.29, 0.717) is 17.0 Å². The molecule has 3 atom stereocenters. The minimum atomic E-state index is -4.02. The number of rotatable bonds is 7. The highest BCUT2D eigenvalue weighted by molar-refractivity contribution is 7.89. The molecule has 0 amide bonds. The maximum atomic E-state index is 13.9. The van der Waals surface area contributed by atoms with Gasteiger partial charge >= 0.3 is 0 Å². The quantitative estimate of drug-likeness (QED) is 0.259. The van der Waals surface area contributed by atoms with Crippen molar-refractivity contribution in [2.45, 2.75) is 29.7 Å². The Bertz CT molecular complexity index is 1550. The van der Waals surface area contributed by atoms with Gasteiger partial charge in [-0.3, -0.25) is 0 Å². The zero-order chi connectivity index (χ0) is 26.8. The molecule has 0 radical (unpaired) electrons. The lowest BCUT2D eigenvalue weighted by Crippen LogP contribution is -2.53. The Morgan fingerprint density at radius 1 is 0.842 bits per heavy atom. The van der Waals surface area contributed by atoms with E-state index < -0.39 is 21.5 Å². The molecule has 4 nitrogen and oxygen atoms in total. The summed E-state index contributed by atoms with van der Waals surface area (Å²) in [5, 5.41) is 0.598. The van der Waals surface area contributed by atoms with Gasteiger partial charge in [-0.1, -0.05) is 108 Å². The Morgan fingerprint density at radius 2 is 1.45 bits per heavy atom. The molecule has 0 unspecified atom stereocenters. The minimum Gasteiger partial charge on any atom is -0.303 e. The van der Waals surface area contributed by atoms with Crippen molar-refractivity contribution < 1.29 is 13.2 Å². The lowest BCUT2D eigenvalue weighted by atomic mass is 9.64. The topological polar surface area (TPSA) is 63.2 Å². The van der Waals surface area contributed by atoms with Gasteiger partial charge in [-0.2, -0.15) is 4.72 Å². The van der Waals surface area contributed by atoms with Crippen molar-refractivity contribution in [1.82, 2.24) is 4.72 Å². The molecule has 0 fully saturated rings. The van der Waals surface area contributed by atoms with Crippen molar-refractivity contribution in [2.75, 3.05) is 0 Å². The summed E-state index contributed by atoms with van der Waals surface area (Å²) in [6.07, 6.45) is 3.40. The number of aldehydes is 1. The van der Waals surface area contributed by atoms with Gasteiger partial charge in [0, 0.05) is 10.9 Å². The molecule has 1 aliphatic rings. The van der Waals surface area contributed by atoms with Gasteiger partial charge in [-0.05, 0) is 65.8 Å². The van der Waals surface area contributed by atoms with Gasteiger partial charge in [0.15, 0.2) is 0 Å². The maximum absolute atomic E-state index is 13.9. The van der Waals surface area contributed by atoms with E-state index in [2.05, 4.69) is 4.72 Å². The lowest BCUT2D eigenvalue weighted by molar-refractivity contribution is -0.113. The van der Waals surface area contributed by atoms with Gasteiger partial charge in [-0.15, -0.1) is 0 Å². The number of sulfonamides is 1. The van der Waals surface area contributed by atoms with Gasteiger partial charge in [-0.25, -0.2) is 8.42 Å². The first-order valence-corrected chi connectivity index (χ1v) is 14.3. The largest absolute Gasteiger partial charge is 0.303 e. The molecule has 0 heterocycles. The van der Waals surface area contributed by atoms with Crippen LogP contribution in [0.5, 0.6) is 0 Å². The van der Waals surface area contributed by atoms with Crippen molar-refractivity contribution >= 4 is 33.5 Å². The Kier molecular flexibility index (Phi) is 7.35. The summed E-state index contributed by atoms with van der Waals surface area (Å²) < 4.78 is 30.8. The summed E-state index contributed by atoms with van der Waals surface area (Å²) in [6.45, 7) is 1.91. The van der Waals surface area contributed by atoms with Gasteiger partial charge in [0.25, 0.3) is 0 Å². The molecule has 0 aromatic heterocycles. The molecule has 0 saturated carbocycles. The highest BCUT2D eigenvalue weighted by Crippen LogP contribution is 2.50. The first-order valence-electron chi connectivity index (χ1n) is 12.5. The minimum absolute atomic E-state index is 0.145. The molecular formula is C32H28ClNO3S. The van der Waals surface area contributed by atoms with E-state index in [9.17, 15) is 13.2 Å². The zero-order valence-corrected chi connectivity index (χ0v) is 22.5. The van der Waals surface area contributed by atoms with E-state index in [4.69, 9.17) is 11.6 Å². The summed E-state index contributed by atoms with van der Waals surface area (Å²) in [5.74, 6) is -1.02. The molecule has 192 valence electrons. The second kappa shape index (κ2) is 10.7. The Labute approximate surface area is 229 Å². The number of halogens is 1. The molecule has 38 heavy (non-hydrogen) atoms. The number of benzene rings is 4. The third-order valence-corrected chi connectivity index (χ3v) is 9.03. The number of nitrogens with one attached hydrogen (secondary N) is 1.